The van der Waals surface area contributed by atoms with Crippen LogP contribution in [0.1, 0.15) is 47.0 Å². The van der Waals surface area contributed by atoms with E-state index in [-0.39, 0.29) is 5.54 Å². The van der Waals surface area contributed by atoms with Gasteiger partial charge in [-0.3, -0.25) is 4.90 Å². The molecule has 1 aliphatic carbocycles. The second-order valence-electron chi connectivity index (χ2n) is 5.73. The first kappa shape index (κ1) is 12.0. The summed E-state index contributed by atoms with van der Waals surface area (Å²) in [5.74, 6) is 0. The molecular weight excluding hydrogens is 172 g/mol. The summed E-state index contributed by atoms with van der Waals surface area (Å²) in [4.78, 5) is 2.53. The summed E-state index contributed by atoms with van der Waals surface area (Å²) in [7, 11) is 2.26. The minimum Gasteiger partial charge on any atom is -0.311 e. The molecule has 0 aromatic heterocycles. The quantitative estimate of drug-likeness (QED) is 0.745. The molecule has 0 aromatic rings. The van der Waals surface area contributed by atoms with Gasteiger partial charge in [-0.1, -0.05) is 6.42 Å². The van der Waals surface area contributed by atoms with Crippen molar-refractivity contribution >= 4 is 0 Å². The Balaban J connectivity index is 2.23. The predicted molar refractivity (Wildman–Crippen MR) is 62.6 cm³/mol. The van der Waals surface area contributed by atoms with Crippen molar-refractivity contribution in [3.05, 3.63) is 0 Å². The Morgan fingerprint density at radius 1 is 1.36 bits per heavy atom. The van der Waals surface area contributed by atoms with E-state index >= 15 is 0 Å². The van der Waals surface area contributed by atoms with Crippen LogP contribution in [-0.4, -0.2) is 36.1 Å². The van der Waals surface area contributed by atoms with Gasteiger partial charge in [-0.05, 0) is 47.6 Å². The van der Waals surface area contributed by atoms with Crippen molar-refractivity contribution in [2.24, 2.45) is 0 Å². The van der Waals surface area contributed by atoms with E-state index in [4.69, 9.17) is 0 Å². The minimum absolute atomic E-state index is 0.245. The highest BCUT2D eigenvalue weighted by Crippen LogP contribution is 2.24. The van der Waals surface area contributed by atoms with Crippen LogP contribution in [0.2, 0.25) is 0 Å². The third-order valence-electron chi connectivity index (χ3n) is 3.27. The van der Waals surface area contributed by atoms with Crippen molar-refractivity contribution in [3.63, 3.8) is 0 Å². The van der Waals surface area contributed by atoms with Crippen LogP contribution in [-0.2, 0) is 0 Å². The van der Waals surface area contributed by atoms with Crippen LogP contribution in [0, 0.1) is 0 Å². The van der Waals surface area contributed by atoms with E-state index in [1.807, 2.05) is 0 Å². The van der Waals surface area contributed by atoms with Crippen LogP contribution >= 0.6 is 0 Å². The number of hydrogen-bond acceptors (Lipinski definition) is 2. The lowest BCUT2D eigenvalue weighted by Crippen LogP contribution is -2.49. The fourth-order valence-electron chi connectivity index (χ4n) is 1.75. The van der Waals surface area contributed by atoms with Crippen molar-refractivity contribution in [1.29, 1.82) is 0 Å². The molecule has 0 saturated heterocycles. The molecule has 1 aliphatic rings. The van der Waals surface area contributed by atoms with Gasteiger partial charge in [-0.25, -0.2) is 0 Å². The smallest absolute Gasteiger partial charge is 0.0192 e. The summed E-state index contributed by atoms with van der Waals surface area (Å²) in [6.45, 7) is 10.1. The van der Waals surface area contributed by atoms with Gasteiger partial charge in [0, 0.05) is 24.2 Å². The largest absolute Gasteiger partial charge is 0.311 e. The fourth-order valence-corrected chi connectivity index (χ4v) is 1.75. The van der Waals surface area contributed by atoms with Gasteiger partial charge in [-0.15, -0.1) is 0 Å². The maximum atomic E-state index is 3.56. The highest BCUT2D eigenvalue weighted by Gasteiger charge is 2.25. The molecule has 0 radical (unpaired) electrons. The average Bonchev–Trinajstić information content (AvgIpc) is 1.95. The van der Waals surface area contributed by atoms with Gasteiger partial charge in [-0.2, -0.15) is 0 Å². The summed E-state index contributed by atoms with van der Waals surface area (Å²) in [6, 6.07) is 1.51. The lowest BCUT2D eigenvalue weighted by atomic mass is 9.91. The molecule has 0 heterocycles. The van der Waals surface area contributed by atoms with Crippen molar-refractivity contribution in [2.45, 2.75) is 64.6 Å². The molecule has 0 aliphatic heterocycles. The average molecular weight is 198 g/mol. The van der Waals surface area contributed by atoms with E-state index < -0.39 is 0 Å². The Kier molecular flexibility index (Phi) is 3.96. The normalized spacial score (nSPS) is 21.0. The van der Waals surface area contributed by atoms with Crippen molar-refractivity contribution in [3.8, 4) is 0 Å². The summed E-state index contributed by atoms with van der Waals surface area (Å²) in [5, 5.41) is 3.56. The van der Waals surface area contributed by atoms with Crippen LogP contribution in [0.5, 0.6) is 0 Å². The van der Waals surface area contributed by atoms with Gasteiger partial charge in [0.2, 0.25) is 0 Å². The highest BCUT2D eigenvalue weighted by atomic mass is 15.2. The summed E-state index contributed by atoms with van der Waals surface area (Å²) < 4.78 is 0. The Labute approximate surface area is 89.1 Å². The molecule has 1 saturated carbocycles. The molecule has 1 rings (SSSR count). The van der Waals surface area contributed by atoms with Crippen LogP contribution in [0.15, 0.2) is 0 Å². The van der Waals surface area contributed by atoms with Crippen LogP contribution in [0.3, 0.4) is 0 Å². The second kappa shape index (κ2) is 4.63. The molecule has 14 heavy (non-hydrogen) atoms. The van der Waals surface area contributed by atoms with E-state index in [1.54, 1.807) is 0 Å². The number of nitrogens with zero attached hydrogens (tertiary/aromatic N) is 1. The predicted octanol–water partition coefficient (Wildman–Crippen LogP) is 2.25. The van der Waals surface area contributed by atoms with Gasteiger partial charge < -0.3 is 5.32 Å². The lowest BCUT2D eigenvalue weighted by molar-refractivity contribution is 0.113. The van der Waals surface area contributed by atoms with Crippen LogP contribution in [0.4, 0.5) is 0 Å². The molecule has 1 fully saturated rings. The van der Waals surface area contributed by atoms with Gasteiger partial charge >= 0.3 is 0 Å². The zero-order valence-corrected chi connectivity index (χ0v) is 10.4. The standard InChI is InChI=1S/C12H26N2/c1-10(9-13-12(2,3)4)14(5)11-7-6-8-11/h10-11,13H,6-9H2,1-5H3. The van der Waals surface area contributed by atoms with E-state index in [0.29, 0.717) is 6.04 Å². The Morgan fingerprint density at radius 2 is 1.93 bits per heavy atom. The van der Waals surface area contributed by atoms with E-state index in [9.17, 15) is 0 Å². The van der Waals surface area contributed by atoms with Crippen molar-refractivity contribution < 1.29 is 0 Å². The fraction of sp³-hybridized carbons (Fsp3) is 1.00. The molecule has 0 amide bonds. The molecular formula is C12H26N2. The first-order valence-electron chi connectivity index (χ1n) is 5.87. The third-order valence-corrected chi connectivity index (χ3v) is 3.27. The first-order chi connectivity index (χ1) is 6.40. The van der Waals surface area contributed by atoms with Crippen LogP contribution < -0.4 is 5.32 Å². The Bertz CT molecular complexity index is 168. The van der Waals surface area contributed by atoms with Gasteiger partial charge in [0.05, 0.1) is 0 Å². The van der Waals surface area contributed by atoms with Gasteiger partial charge in [0.15, 0.2) is 0 Å². The third kappa shape index (κ3) is 3.58. The van der Waals surface area contributed by atoms with E-state index in [2.05, 4.69) is 45.0 Å². The van der Waals surface area contributed by atoms with E-state index in [1.165, 1.54) is 19.3 Å². The molecule has 2 nitrogen and oxygen atoms in total. The second-order valence-corrected chi connectivity index (χ2v) is 5.73. The zero-order chi connectivity index (χ0) is 10.8. The zero-order valence-electron chi connectivity index (χ0n) is 10.4. The molecule has 2 heteroatoms. The van der Waals surface area contributed by atoms with Crippen molar-refractivity contribution in [1.82, 2.24) is 10.2 Å². The number of nitrogens with one attached hydrogen (secondary N) is 1. The van der Waals surface area contributed by atoms with Gasteiger partial charge in [0.1, 0.15) is 0 Å². The minimum atomic E-state index is 0.245. The molecule has 1 unspecified atom stereocenters. The Hall–Kier alpha value is -0.0800. The van der Waals surface area contributed by atoms with Gasteiger partial charge in [0.25, 0.3) is 0 Å². The highest BCUT2D eigenvalue weighted by molar-refractivity contribution is 4.83. The number of likely N-dealkylation sites (N-methyl/N-ethyl adjacent to an activating group) is 1. The molecule has 0 aromatic carbocycles. The SMILES string of the molecule is CC(CNC(C)(C)C)N(C)C1CCC1. The molecule has 0 bridgehead atoms. The maximum absolute atomic E-state index is 3.56. The molecule has 1 N–H and O–H groups in total. The topological polar surface area (TPSA) is 15.3 Å². The molecule has 84 valence electrons. The summed E-state index contributed by atoms with van der Waals surface area (Å²) >= 11 is 0. The maximum Gasteiger partial charge on any atom is 0.0192 e. The lowest BCUT2D eigenvalue weighted by Gasteiger charge is -2.39. The Morgan fingerprint density at radius 3 is 2.29 bits per heavy atom. The summed E-state index contributed by atoms with van der Waals surface area (Å²) in [6.07, 6.45) is 4.22. The van der Waals surface area contributed by atoms with Crippen molar-refractivity contribution in [2.75, 3.05) is 13.6 Å². The first-order valence-corrected chi connectivity index (χ1v) is 5.87. The number of rotatable bonds is 4. The summed E-state index contributed by atoms with van der Waals surface area (Å²) in [5.41, 5.74) is 0.245. The van der Waals surface area contributed by atoms with E-state index in [0.717, 1.165) is 12.6 Å². The molecule has 1 atom stereocenters. The monoisotopic (exact) mass is 198 g/mol. The molecule has 0 spiro atoms. The van der Waals surface area contributed by atoms with Crippen LogP contribution in [0.25, 0.3) is 0 Å². The number of hydrogen-bond donors (Lipinski definition) is 1.